The van der Waals surface area contributed by atoms with Crippen LogP contribution in [-0.2, 0) is 4.79 Å². The number of pyridine rings is 1. The molecular weight excluding hydrogens is 170 g/mol. The molecule has 4 nitrogen and oxygen atoms in total. The highest BCUT2D eigenvalue weighted by atomic mass is 16.2. The van der Waals surface area contributed by atoms with Crippen LogP contribution in [0.2, 0.25) is 0 Å². The van der Waals surface area contributed by atoms with E-state index in [1.165, 1.54) is 18.2 Å². The Labute approximate surface area is 72.9 Å². The lowest BCUT2D eigenvalue weighted by Gasteiger charge is -2.05. The Morgan fingerprint density at radius 1 is 1.00 bits per heavy atom. The predicted molar refractivity (Wildman–Crippen MR) is 45.4 cm³/mol. The van der Waals surface area contributed by atoms with Crippen LogP contribution in [-0.4, -0.2) is 16.6 Å². The zero-order valence-electron chi connectivity index (χ0n) is 6.53. The summed E-state index contributed by atoms with van der Waals surface area (Å²) in [4.78, 5) is 35.4. The van der Waals surface area contributed by atoms with Crippen molar-refractivity contribution in [3.63, 3.8) is 0 Å². The molecule has 0 atom stereocenters. The fraction of sp³-hybridized carbons (Fsp3) is 0. The van der Waals surface area contributed by atoms with Gasteiger partial charge in [0.1, 0.15) is 0 Å². The van der Waals surface area contributed by atoms with Gasteiger partial charge in [-0.1, -0.05) is 0 Å². The second kappa shape index (κ2) is 2.52. The SMILES string of the molecule is O=C1C=Cc2[nH]c(=O)ccc2C1=O. The average Bonchev–Trinajstić information content (AvgIpc) is 2.12. The number of Topliss-reactive ketones (excluding diaryl/α,β-unsaturated/α-hetero) is 1. The maximum absolute atomic E-state index is 11.2. The van der Waals surface area contributed by atoms with Gasteiger partial charge in [0, 0.05) is 11.6 Å². The first-order valence-corrected chi connectivity index (χ1v) is 3.68. The van der Waals surface area contributed by atoms with Gasteiger partial charge in [-0.15, -0.1) is 0 Å². The lowest BCUT2D eigenvalue weighted by molar-refractivity contribution is -0.110. The predicted octanol–water partition coefficient (Wildman–Crippen LogP) is 0.154. The Kier molecular flexibility index (Phi) is 1.48. The fourth-order valence-electron chi connectivity index (χ4n) is 1.19. The molecule has 0 bridgehead atoms. The maximum atomic E-state index is 11.2. The highest BCUT2D eigenvalue weighted by Crippen LogP contribution is 2.12. The van der Waals surface area contributed by atoms with Gasteiger partial charge in [-0.05, 0) is 18.2 Å². The standard InChI is InChI=1S/C9H5NO3/c11-7-3-2-6-5(9(7)13)1-4-8(12)10-6/h1-4H,(H,10,12). The smallest absolute Gasteiger partial charge is 0.248 e. The highest BCUT2D eigenvalue weighted by Gasteiger charge is 2.20. The quantitative estimate of drug-likeness (QED) is 0.571. The Morgan fingerprint density at radius 2 is 1.77 bits per heavy atom. The van der Waals surface area contributed by atoms with Crippen molar-refractivity contribution in [2.75, 3.05) is 0 Å². The molecule has 1 aliphatic carbocycles. The second-order valence-electron chi connectivity index (χ2n) is 2.68. The molecule has 0 spiro atoms. The van der Waals surface area contributed by atoms with Crippen molar-refractivity contribution in [2.24, 2.45) is 0 Å². The molecule has 0 amide bonds. The van der Waals surface area contributed by atoms with Crippen LogP contribution in [0.4, 0.5) is 0 Å². The molecule has 0 aromatic carbocycles. The number of hydrogen-bond acceptors (Lipinski definition) is 3. The minimum atomic E-state index is -0.575. The number of H-pyrrole nitrogens is 1. The molecular formula is C9H5NO3. The summed E-state index contributed by atoms with van der Waals surface area (Å²) >= 11 is 0. The third kappa shape index (κ3) is 1.12. The van der Waals surface area contributed by atoms with Crippen LogP contribution >= 0.6 is 0 Å². The van der Waals surface area contributed by atoms with Gasteiger partial charge in [-0.3, -0.25) is 14.4 Å². The first kappa shape index (κ1) is 7.67. The number of carbonyl (C=O) groups is 2. The van der Waals surface area contributed by atoms with Gasteiger partial charge in [-0.2, -0.15) is 0 Å². The Bertz CT molecular complexity index is 482. The van der Waals surface area contributed by atoms with Crippen LogP contribution in [0.3, 0.4) is 0 Å². The molecule has 1 N–H and O–H groups in total. The van der Waals surface area contributed by atoms with Crippen molar-refractivity contribution in [2.45, 2.75) is 0 Å². The van der Waals surface area contributed by atoms with Crippen LogP contribution in [0, 0.1) is 0 Å². The van der Waals surface area contributed by atoms with Gasteiger partial charge >= 0.3 is 0 Å². The summed E-state index contributed by atoms with van der Waals surface area (Å²) in [7, 11) is 0. The first-order valence-electron chi connectivity index (χ1n) is 3.68. The molecule has 0 saturated carbocycles. The van der Waals surface area contributed by atoms with E-state index in [0.29, 0.717) is 5.69 Å². The normalized spacial score (nSPS) is 14.5. The molecule has 64 valence electrons. The van der Waals surface area contributed by atoms with Crippen LogP contribution in [0.15, 0.2) is 23.0 Å². The van der Waals surface area contributed by atoms with Crippen molar-refractivity contribution < 1.29 is 9.59 Å². The molecule has 2 rings (SSSR count). The molecule has 1 aliphatic rings. The number of fused-ring (bicyclic) bond motifs is 1. The minimum Gasteiger partial charge on any atom is -0.322 e. The van der Waals surface area contributed by atoms with E-state index in [4.69, 9.17) is 0 Å². The van der Waals surface area contributed by atoms with Gasteiger partial charge in [0.15, 0.2) is 0 Å². The van der Waals surface area contributed by atoms with E-state index >= 15 is 0 Å². The van der Waals surface area contributed by atoms with Crippen LogP contribution in [0.25, 0.3) is 6.08 Å². The van der Waals surface area contributed by atoms with Crippen molar-refractivity contribution >= 4 is 17.6 Å². The lowest BCUT2D eigenvalue weighted by Crippen LogP contribution is -2.20. The Hall–Kier alpha value is -1.97. The molecule has 0 aliphatic heterocycles. The molecule has 1 aromatic heterocycles. The number of carbonyl (C=O) groups excluding carboxylic acids is 2. The highest BCUT2D eigenvalue weighted by molar-refractivity contribution is 6.49. The molecule has 0 saturated heterocycles. The molecule has 0 unspecified atom stereocenters. The van der Waals surface area contributed by atoms with E-state index in [2.05, 4.69) is 4.98 Å². The van der Waals surface area contributed by atoms with E-state index in [9.17, 15) is 14.4 Å². The fourth-order valence-corrected chi connectivity index (χ4v) is 1.19. The van der Waals surface area contributed by atoms with Crippen LogP contribution in [0.5, 0.6) is 0 Å². The summed E-state index contributed by atoms with van der Waals surface area (Å²) in [6, 6.07) is 2.58. The number of aromatic amines is 1. The summed E-state index contributed by atoms with van der Waals surface area (Å²) in [6.07, 6.45) is 2.58. The second-order valence-corrected chi connectivity index (χ2v) is 2.68. The number of nitrogens with one attached hydrogen (secondary N) is 1. The number of allylic oxidation sites excluding steroid dienone is 1. The largest absolute Gasteiger partial charge is 0.322 e. The van der Waals surface area contributed by atoms with Gasteiger partial charge < -0.3 is 4.98 Å². The van der Waals surface area contributed by atoms with Crippen molar-refractivity contribution in [1.29, 1.82) is 0 Å². The summed E-state index contributed by atoms with van der Waals surface area (Å²) in [5, 5.41) is 0. The first-order chi connectivity index (χ1) is 6.18. The summed E-state index contributed by atoms with van der Waals surface area (Å²) in [5.74, 6) is -1.13. The van der Waals surface area contributed by atoms with E-state index in [-0.39, 0.29) is 11.1 Å². The third-order valence-electron chi connectivity index (χ3n) is 1.82. The van der Waals surface area contributed by atoms with E-state index < -0.39 is 11.6 Å². The van der Waals surface area contributed by atoms with Gasteiger partial charge in [-0.25, -0.2) is 0 Å². The van der Waals surface area contributed by atoms with Crippen molar-refractivity contribution in [3.05, 3.63) is 39.8 Å². The minimum absolute atomic E-state index is 0.257. The van der Waals surface area contributed by atoms with E-state index in [0.717, 1.165) is 6.08 Å². The molecule has 0 radical (unpaired) electrons. The zero-order chi connectivity index (χ0) is 9.42. The van der Waals surface area contributed by atoms with Crippen molar-refractivity contribution in [1.82, 2.24) is 4.98 Å². The maximum Gasteiger partial charge on any atom is 0.248 e. The topological polar surface area (TPSA) is 67.0 Å². The molecule has 4 heteroatoms. The molecule has 1 heterocycles. The number of rotatable bonds is 0. The van der Waals surface area contributed by atoms with Gasteiger partial charge in [0.25, 0.3) is 0 Å². The monoisotopic (exact) mass is 175 g/mol. The van der Waals surface area contributed by atoms with Crippen LogP contribution in [0.1, 0.15) is 16.1 Å². The lowest BCUT2D eigenvalue weighted by atomic mass is 10.0. The molecule has 0 fully saturated rings. The average molecular weight is 175 g/mol. The molecule has 13 heavy (non-hydrogen) atoms. The summed E-state index contributed by atoms with van der Waals surface area (Å²) < 4.78 is 0. The van der Waals surface area contributed by atoms with E-state index in [1.807, 2.05) is 0 Å². The zero-order valence-corrected chi connectivity index (χ0v) is 6.53. The summed E-state index contributed by atoms with van der Waals surface area (Å²) in [6.45, 7) is 0. The van der Waals surface area contributed by atoms with E-state index in [1.54, 1.807) is 0 Å². The third-order valence-corrected chi connectivity index (χ3v) is 1.82. The molecule has 1 aromatic rings. The summed E-state index contributed by atoms with van der Waals surface area (Å²) in [5.41, 5.74) is 0.370. The number of ketones is 2. The van der Waals surface area contributed by atoms with Gasteiger partial charge in [0.2, 0.25) is 17.1 Å². The number of aromatic nitrogens is 1. The van der Waals surface area contributed by atoms with Gasteiger partial charge in [0.05, 0.1) is 5.69 Å². The number of hydrogen-bond donors (Lipinski definition) is 1. The van der Waals surface area contributed by atoms with Crippen LogP contribution < -0.4 is 5.56 Å². The van der Waals surface area contributed by atoms with Crippen molar-refractivity contribution in [3.8, 4) is 0 Å². The Balaban J connectivity index is 2.72. The Morgan fingerprint density at radius 3 is 2.54 bits per heavy atom.